The van der Waals surface area contributed by atoms with Crippen molar-refractivity contribution in [3.05, 3.63) is 34.9 Å². The Morgan fingerprint density at radius 2 is 1.56 bits per heavy atom. The van der Waals surface area contributed by atoms with Crippen molar-refractivity contribution < 1.29 is 17.6 Å². The SMILES string of the molecule is NCCC[C@H](N)c1c(F)c(F)cc(F)c1F. The smallest absolute Gasteiger partial charge is 0.166 e. The molecule has 0 aromatic heterocycles. The first-order valence-corrected chi connectivity index (χ1v) is 4.77. The van der Waals surface area contributed by atoms with Gasteiger partial charge in [-0.3, -0.25) is 0 Å². The molecule has 2 nitrogen and oxygen atoms in total. The van der Waals surface area contributed by atoms with Crippen LogP contribution >= 0.6 is 0 Å². The van der Waals surface area contributed by atoms with Gasteiger partial charge in [-0.15, -0.1) is 0 Å². The van der Waals surface area contributed by atoms with Gasteiger partial charge in [0.1, 0.15) is 0 Å². The van der Waals surface area contributed by atoms with E-state index in [9.17, 15) is 17.6 Å². The molecule has 0 aliphatic heterocycles. The molecule has 1 rings (SSSR count). The minimum atomic E-state index is -1.45. The van der Waals surface area contributed by atoms with Crippen molar-refractivity contribution in [3.63, 3.8) is 0 Å². The molecule has 1 aromatic rings. The normalized spacial score (nSPS) is 12.9. The maximum atomic E-state index is 13.2. The lowest BCUT2D eigenvalue weighted by molar-refractivity contribution is 0.421. The molecule has 0 bridgehead atoms. The highest BCUT2D eigenvalue weighted by molar-refractivity contribution is 5.25. The number of benzene rings is 1. The second kappa shape index (κ2) is 5.27. The van der Waals surface area contributed by atoms with E-state index in [1.807, 2.05) is 0 Å². The number of rotatable bonds is 4. The Morgan fingerprint density at radius 1 is 1.06 bits per heavy atom. The van der Waals surface area contributed by atoms with Crippen LogP contribution in [-0.2, 0) is 0 Å². The maximum Gasteiger partial charge on any atom is 0.166 e. The quantitative estimate of drug-likeness (QED) is 0.620. The fourth-order valence-electron chi connectivity index (χ4n) is 1.40. The van der Waals surface area contributed by atoms with E-state index in [4.69, 9.17) is 11.5 Å². The molecule has 6 heteroatoms. The zero-order chi connectivity index (χ0) is 12.3. The van der Waals surface area contributed by atoms with E-state index in [1.54, 1.807) is 0 Å². The number of nitrogens with two attached hydrogens (primary N) is 2. The molecule has 0 spiro atoms. The highest BCUT2D eigenvalue weighted by Crippen LogP contribution is 2.26. The van der Waals surface area contributed by atoms with E-state index < -0.39 is 34.9 Å². The van der Waals surface area contributed by atoms with Crippen molar-refractivity contribution in [1.29, 1.82) is 0 Å². The standard InChI is InChI=1S/C10H12F4N2/c11-5-4-6(12)10(14)8(9(5)13)7(16)2-1-3-15/h4,7H,1-3,15-16H2/t7-/m0/s1. The molecule has 0 saturated heterocycles. The second-order valence-corrected chi connectivity index (χ2v) is 3.42. The number of halogens is 4. The zero-order valence-electron chi connectivity index (χ0n) is 8.44. The van der Waals surface area contributed by atoms with Crippen molar-refractivity contribution in [2.24, 2.45) is 11.5 Å². The molecule has 4 N–H and O–H groups in total. The molecule has 1 atom stereocenters. The van der Waals surface area contributed by atoms with E-state index in [-0.39, 0.29) is 19.0 Å². The van der Waals surface area contributed by atoms with Gasteiger partial charge in [-0.05, 0) is 19.4 Å². The average molecular weight is 236 g/mol. The van der Waals surface area contributed by atoms with Crippen molar-refractivity contribution >= 4 is 0 Å². The zero-order valence-corrected chi connectivity index (χ0v) is 8.44. The van der Waals surface area contributed by atoms with Gasteiger partial charge in [0.05, 0.1) is 0 Å². The molecule has 0 aliphatic carbocycles. The lowest BCUT2D eigenvalue weighted by Crippen LogP contribution is -2.17. The average Bonchev–Trinajstić information content (AvgIpc) is 2.24. The van der Waals surface area contributed by atoms with Gasteiger partial charge >= 0.3 is 0 Å². The lowest BCUT2D eigenvalue weighted by atomic mass is 10.0. The first kappa shape index (κ1) is 12.9. The van der Waals surface area contributed by atoms with E-state index in [1.165, 1.54) is 0 Å². The monoisotopic (exact) mass is 236 g/mol. The summed E-state index contributed by atoms with van der Waals surface area (Å²) in [6.07, 6.45) is 0.575. The van der Waals surface area contributed by atoms with Gasteiger partial charge in [-0.1, -0.05) is 0 Å². The van der Waals surface area contributed by atoms with E-state index >= 15 is 0 Å². The molecular formula is C10H12F4N2. The summed E-state index contributed by atoms with van der Waals surface area (Å²) in [4.78, 5) is 0. The highest BCUT2D eigenvalue weighted by Gasteiger charge is 2.23. The third-order valence-electron chi connectivity index (χ3n) is 2.24. The van der Waals surface area contributed by atoms with E-state index in [2.05, 4.69) is 0 Å². The van der Waals surface area contributed by atoms with Crippen LogP contribution in [0, 0.1) is 23.3 Å². The minimum absolute atomic E-state index is 0.157. The molecular weight excluding hydrogens is 224 g/mol. The molecule has 0 radical (unpaired) electrons. The molecule has 0 amide bonds. The summed E-state index contributed by atoms with van der Waals surface area (Å²) in [5.74, 6) is -5.78. The Labute approximate surface area is 90.2 Å². The van der Waals surface area contributed by atoms with Gasteiger partial charge in [0.15, 0.2) is 23.3 Å². The summed E-state index contributed by atoms with van der Waals surface area (Å²) in [6.45, 7) is 0.286. The van der Waals surface area contributed by atoms with E-state index in [0.29, 0.717) is 6.42 Å². The molecule has 0 unspecified atom stereocenters. The van der Waals surface area contributed by atoms with Crippen molar-refractivity contribution in [2.75, 3.05) is 6.54 Å². The molecule has 0 fully saturated rings. The molecule has 0 saturated carbocycles. The van der Waals surface area contributed by atoms with Gasteiger partial charge < -0.3 is 11.5 Å². The van der Waals surface area contributed by atoms with Crippen LogP contribution in [0.3, 0.4) is 0 Å². The Morgan fingerprint density at radius 3 is 2.00 bits per heavy atom. The second-order valence-electron chi connectivity index (χ2n) is 3.42. The summed E-state index contributed by atoms with van der Waals surface area (Å²) in [5.41, 5.74) is 9.89. The molecule has 1 aromatic carbocycles. The predicted molar refractivity (Wildman–Crippen MR) is 51.5 cm³/mol. The topological polar surface area (TPSA) is 52.0 Å². The van der Waals surface area contributed by atoms with Crippen LogP contribution in [0.1, 0.15) is 24.4 Å². The summed E-state index contributed by atoms with van der Waals surface area (Å²) in [7, 11) is 0. The molecule has 16 heavy (non-hydrogen) atoms. The summed E-state index contributed by atoms with van der Waals surface area (Å²) >= 11 is 0. The Bertz CT molecular complexity index is 355. The first-order valence-electron chi connectivity index (χ1n) is 4.77. The van der Waals surface area contributed by atoms with Crippen LogP contribution in [0.25, 0.3) is 0 Å². The maximum absolute atomic E-state index is 13.2. The van der Waals surface area contributed by atoms with Crippen molar-refractivity contribution in [2.45, 2.75) is 18.9 Å². The third kappa shape index (κ3) is 2.51. The van der Waals surface area contributed by atoms with Crippen LogP contribution in [0.5, 0.6) is 0 Å². The Kier molecular flexibility index (Phi) is 4.26. The number of hydrogen-bond donors (Lipinski definition) is 2. The molecule has 0 aliphatic rings. The number of hydrogen-bond acceptors (Lipinski definition) is 2. The lowest BCUT2D eigenvalue weighted by Gasteiger charge is -2.14. The largest absolute Gasteiger partial charge is 0.330 e. The highest BCUT2D eigenvalue weighted by atomic mass is 19.2. The van der Waals surface area contributed by atoms with Gasteiger partial charge in [0.2, 0.25) is 0 Å². The Hall–Kier alpha value is -1.14. The van der Waals surface area contributed by atoms with E-state index in [0.717, 1.165) is 0 Å². The van der Waals surface area contributed by atoms with Crippen LogP contribution in [0.15, 0.2) is 6.07 Å². The fourth-order valence-corrected chi connectivity index (χ4v) is 1.40. The van der Waals surface area contributed by atoms with Crippen LogP contribution in [0.4, 0.5) is 17.6 Å². The van der Waals surface area contributed by atoms with Crippen molar-refractivity contribution in [3.8, 4) is 0 Å². The van der Waals surface area contributed by atoms with Crippen LogP contribution < -0.4 is 11.5 Å². The summed E-state index contributed by atoms with van der Waals surface area (Å²) in [6, 6.07) is -0.946. The van der Waals surface area contributed by atoms with Gasteiger partial charge in [-0.25, -0.2) is 17.6 Å². The summed E-state index contributed by atoms with van der Waals surface area (Å²) in [5, 5.41) is 0. The molecule has 0 heterocycles. The fraction of sp³-hybridized carbons (Fsp3) is 0.400. The predicted octanol–water partition coefficient (Wildman–Crippen LogP) is 1.98. The minimum Gasteiger partial charge on any atom is -0.330 e. The first-order chi connectivity index (χ1) is 7.49. The van der Waals surface area contributed by atoms with Gasteiger partial charge in [-0.2, -0.15) is 0 Å². The molecule has 90 valence electrons. The summed E-state index contributed by atoms with van der Waals surface area (Å²) < 4.78 is 52.1. The van der Waals surface area contributed by atoms with Gasteiger partial charge in [0.25, 0.3) is 0 Å². The van der Waals surface area contributed by atoms with Gasteiger partial charge in [0, 0.05) is 17.7 Å². The Balaban J connectivity index is 3.11. The van der Waals surface area contributed by atoms with Crippen LogP contribution in [0.2, 0.25) is 0 Å². The third-order valence-corrected chi connectivity index (χ3v) is 2.24. The van der Waals surface area contributed by atoms with Crippen molar-refractivity contribution in [1.82, 2.24) is 0 Å². The van der Waals surface area contributed by atoms with Crippen LogP contribution in [-0.4, -0.2) is 6.54 Å².